The third kappa shape index (κ3) is 3.51. The SMILES string of the molecule is Cc1ccnc(NC(=O)[C@H]2OCC(=O)N(C)[C@H]2c2ccccc2F)c1. The van der Waals surface area contributed by atoms with Gasteiger partial charge in [0.15, 0.2) is 6.10 Å². The maximum absolute atomic E-state index is 14.3. The van der Waals surface area contributed by atoms with Crippen LogP contribution in [0.5, 0.6) is 0 Å². The van der Waals surface area contributed by atoms with Crippen molar-refractivity contribution in [2.45, 2.75) is 19.1 Å². The summed E-state index contributed by atoms with van der Waals surface area (Å²) in [5.74, 6) is -0.916. The van der Waals surface area contributed by atoms with E-state index >= 15 is 0 Å². The Kier molecular flexibility index (Phi) is 4.76. The number of hydrogen-bond acceptors (Lipinski definition) is 4. The number of aromatic nitrogens is 1. The minimum absolute atomic E-state index is 0.232. The highest BCUT2D eigenvalue weighted by atomic mass is 19.1. The lowest BCUT2D eigenvalue weighted by Crippen LogP contribution is -2.51. The maximum Gasteiger partial charge on any atom is 0.257 e. The molecule has 1 fully saturated rings. The number of benzene rings is 1. The lowest BCUT2D eigenvalue weighted by Gasteiger charge is -2.38. The molecule has 0 radical (unpaired) electrons. The molecule has 2 amide bonds. The number of morpholine rings is 1. The van der Waals surface area contributed by atoms with E-state index in [1.165, 1.54) is 18.0 Å². The van der Waals surface area contributed by atoms with Crippen molar-refractivity contribution in [2.75, 3.05) is 19.0 Å². The van der Waals surface area contributed by atoms with Gasteiger partial charge in [-0.15, -0.1) is 0 Å². The van der Waals surface area contributed by atoms with Gasteiger partial charge in [0, 0.05) is 18.8 Å². The summed E-state index contributed by atoms with van der Waals surface area (Å²) >= 11 is 0. The lowest BCUT2D eigenvalue weighted by atomic mass is 9.97. The molecule has 1 aliphatic rings. The average molecular weight is 343 g/mol. The van der Waals surface area contributed by atoms with Crippen molar-refractivity contribution in [1.82, 2.24) is 9.88 Å². The van der Waals surface area contributed by atoms with Crippen LogP contribution >= 0.6 is 0 Å². The van der Waals surface area contributed by atoms with Crippen LogP contribution in [0.2, 0.25) is 0 Å². The minimum Gasteiger partial charge on any atom is -0.356 e. The number of hydrogen-bond donors (Lipinski definition) is 1. The Balaban J connectivity index is 1.90. The second-order valence-corrected chi connectivity index (χ2v) is 5.91. The molecule has 1 N–H and O–H groups in total. The van der Waals surface area contributed by atoms with Crippen LogP contribution in [0.15, 0.2) is 42.6 Å². The summed E-state index contributed by atoms with van der Waals surface area (Å²) in [5, 5.41) is 2.67. The van der Waals surface area contributed by atoms with Crippen molar-refractivity contribution in [2.24, 2.45) is 0 Å². The number of ether oxygens (including phenoxy) is 1. The standard InChI is InChI=1S/C18H18FN3O3/c1-11-7-8-20-14(9-11)21-18(24)17-16(22(2)15(23)10-25-17)12-5-3-4-6-13(12)19/h3-9,16-17H,10H2,1-2H3,(H,20,21,24)/t16-,17-/m0/s1. The zero-order chi connectivity index (χ0) is 18.0. The Hall–Kier alpha value is -2.80. The molecular weight excluding hydrogens is 325 g/mol. The lowest BCUT2D eigenvalue weighted by molar-refractivity contribution is -0.160. The first-order valence-electron chi connectivity index (χ1n) is 7.82. The Bertz CT molecular complexity index is 812. The van der Waals surface area contributed by atoms with Gasteiger partial charge >= 0.3 is 0 Å². The molecule has 25 heavy (non-hydrogen) atoms. The summed E-state index contributed by atoms with van der Waals surface area (Å²) in [5.41, 5.74) is 1.17. The van der Waals surface area contributed by atoms with Crippen molar-refractivity contribution in [3.05, 3.63) is 59.5 Å². The summed E-state index contributed by atoms with van der Waals surface area (Å²) in [6.45, 7) is 1.64. The minimum atomic E-state index is -1.04. The van der Waals surface area contributed by atoms with Crippen molar-refractivity contribution >= 4 is 17.6 Å². The topological polar surface area (TPSA) is 71.5 Å². The molecule has 0 saturated carbocycles. The molecule has 6 nitrogen and oxygen atoms in total. The molecule has 7 heteroatoms. The van der Waals surface area contributed by atoms with E-state index in [-0.39, 0.29) is 18.1 Å². The largest absolute Gasteiger partial charge is 0.356 e. The van der Waals surface area contributed by atoms with Crippen LogP contribution in [0.1, 0.15) is 17.2 Å². The van der Waals surface area contributed by atoms with Gasteiger partial charge in [-0.3, -0.25) is 9.59 Å². The van der Waals surface area contributed by atoms with Crippen LogP contribution in [0.3, 0.4) is 0 Å². The summed E-state index contributed by atoms with van der Waals surface area (Å²) < 4.78 is 19.7. The third-order valence-corrected chi connectivity index (χ3v) is 4.13. The molecule has 0 aliphatic carbocycles. The highest BCUT2D eigenvalue weighted by Gasteiger charge is 2.41. The molecule has 1 saturated heterocycles. The Morgan fingerprint density at radius 1 is 1.36 bits per heavy atom. The van der Waals surface area contributed by atoms with E-state index in [2.05, 4.69) is 10.3 Å². The van der Waals surface area contributed by atoms with E-state index in [0.29, 0.717) is 5.82 Å². The number of carbonyl (C=O) groups excluding carboxylic acids is 2. The number of aryl methyl sites for hydroxylation is 1. The van der Waals surface area contributed by atoms with Crippen LogP contribution in [-0.4, -0.2) is 41.5 Å². The van der Waals surface area contributed by atoms with Crippen LogP contribution in [-0.2, 0) is 14.3 Å². The Labute approximate surface area is 144 Å². The molecule has 3 rings (SSSR count). The highest BCUT2D eigenvalue weighted by molar-refractivity contribution is 5.95. The molecule has 1 aromatic heterocycles. The zero-order valence-electron chi connectivity index (χ0n) is 13.9. The molecule has 2 aromatic rings. The van der Waals surface area contributed by atoms with Crippen molar-refractivity contribution < 1.29 is 18.7 Å². The van der Waals surface area contributed by atoms with Gasteiger partial charge in [0.05, 0.1) is 6.04 Å². The molecule has 130 valence electrons. The summed E-state index contributed by atoms with van der Waals surface area (Å²) in [6, 6.07) is 8.71. The van der Waals surface area contributed by atoms with Gasteiger partial charge < -0.3 is 15.0 Å². The number of amides is 2. The number of halogens is 1. The number of pyridine rings is 1. The molecule has 1 aromatic carbocycles. The van der Waals surface area contributed by atoms with E-state index in [0.717, 1.165) is 5.56 Å². The molecule has 0 bridgehead atoms. The first kappa shape index (κ1) is 17.0. The van der Waals surface area contributed by atoms with Gasteiger partial charge in [0.2, 0.25) is 5.91 Å². The smallest absolute Gasteiger partial charge is 0.257 e. The normalized spacial score (nSPS) is 20.4. The van der Waals surface area contributed by atoms with Crippen molar-refractivity contribution in [3.63, 3.8) is 0 Å². The van der Waals surface area contributed by atoms with Crippen LogP contribution in [0, 0.1) is 12.7 Å². The fraction of sp³-hybridized carbons (Fsp3) is 0.278. The van der Waals surface area contributed by atoms with E-state index in [1.807, 2.05) is 6.92 Å². The van der Waals surface area contributed by atoms with Crippen molar-refractivity contribution in [1.29, 1.82) is 0 Å². The first-order chi connectivity index (χ1) is 12.0. The summed E-state index contributed by atoms with van der Waals surface area (Å²) in [6.07, 6.45) is 0.540. The van der Waals surface area contributed by atoms with E-state index in [4.69, 9.17) is 4.74 Å². The fourth-order valence-corrected chi connectivity index (χ4v) is 2.82. The third-order valence-electron chi connectivity index (χ3n) is 4.13. The number of likely N-dealkylation sites (N-methyl/N-ethyl adjacent to an activating group) is 1. The molecule has 0 unspecified atom stereocenters. The number of nitrogens with zero attached hydrogens (tertiary/aromatic N) is 2. The van der Waals surface area contributed by atoms with E-state index in [1.54, 1.807) is 36.5 Å². The predicted octanol–water partition coefficient (Wildman–Crippen LogP) is 2.07. The number of carbonyl (C=O) groups is 2. The molecule has 0 spiro atoms. The second kappa shape index (κ2) is 6.98. The zero-order valence-corrected chi connectivity index (χ0v) is 13.9. The van der Waals surface area contributed by atoms with Gasteiger partial charge in [-0.1, -0.05) is 18.2 Å². The second-order valence-electron chi connectivity index (χ2n) is 5.91. The number of rotatable bonds is 3. The maximum atomic E-state index is 14.3. The van der Waals surface area contributed by atoms with E-state index in [9.17, 15) is 14.0 Å². The van der Waals surface area contributed by atoms with Gasteiger partial charge in [-0.25, -0.2) is 9.37 Å². The van der Waals surface area contributed by atoms with Crippen LogP contribution in [0.25, 0.3) is 0 Å². The van der Waals surface area contributed by atoms with Crippen molar-refractivity contribution in [3.8, 4) is 0 Å². The first-order valence-corrected chi connectivity index (χ1v) is 7.82. The number of anilines is 1. The quantitative estimate of drug-likeness (QED) is 0.926. The Morgan fingerprint density at radius 3 is 2.84 bits per heavy atom. The average Bonchev–Trinajstić information content (AvgIpc) is 2.58. The predicted molar refractivity (Wildman–Crippen MR) is 89.3 cm³/mol. The Morgan fingerprint density at radius 2 is 2.12 bits per heavy atom. The van der Waals surface area contributed by atoms with Gasteiger partial charge in [-0.05, 0) is 30.7 Å². The molecule has 1 aliphatic heterocycles. The molecule has 2 heterocycles. The van der Waals surface area contributed by atoms with Crippen LogP contribution in [0.4, 0.5) is 10.2 Å². The summed E-state index contributed by atoms with van der Waals surface area (Å²) in [7, 11) is 1.53. The van der Waals surface area contributed by atoms with Crippen LogP contribution < -0.4 is 5.32 Å². The summed E-state index contributed by atoms with van der Waals surface area (Å²) in [4.78, 5) is 30.1. The monoisotopic (exact) mass is 343 g/mol. The highest BCUT2D eigenvalue weighted by Crippen LogP contribution is 2.31. The van der Waals surface area contributed by atoms with E-state index < -0.39 is 23.9 Å². The number of nitrogens with one attached hydrogen (secondary N) is 1. The fourth-order valence-electron chi connectivity index (χ4n) is 2.82. The molecular formula is C18H18FN3O3. The van der Waals surface area contributed by atoms with Gasteiger partial charge in [-0.2, -0.15) is 0 Å². The van der Waals surface area contributed by atoms with Gasteiger partial charge in [0.1, 0.15) is 18.2 Å². The van der Waals surface area contributed by atoms with Gasteiger partial charge in [0.25, 0.3) is 5.91 Å². The molecule has 2 atom stereocenters.